The van der Waals surface area contributed by atoms with Crippen LogP contribution in [0.3, 0.4) is 0 Å². The van der Waals surface area contributed by atoms with Gasteiger partial charge in [0, 0.05) is 10.7 Å². The molecule has 0 aliphatic heterocycles. The van der Waals surface area contributed by atoms with Crippen molar-refractivity contribution in [1.29, 1.82) is 5.26 Å². The van der Waals surface area contributed by atoms with E-state index in [1.54, 1.807) is 36.4 Å². The average Bonchev–Trinajstić information content (AvgIpc) is 2.84. The van der Waals surface area contributed by atoms with Gasteiger partial charge in [-0.2, -0.15) is 5.26 Å². The van der Waals surface area contributed by atoms with Crippen molar-refractivity contribution < 1.29 is 9.53 Å². The first-order chi connectivity index (χ1) is 16.4. The number of fused-ring (bicyclic) bond motifs is 1. The fraction of sp³-hybridized carbons (Fsp3) is 0.0714. The second-order valence-electron chi connectivity index (χ2n) is 7.74. The molecule has 0 aliphatic rings. The molecule has 0 saturated carbocycles. The maximum atomic E-state index is 12.6. The van der Waals surface area contributed by atoms with E-state index in [0.29, 0.717) is 33.7 Å². The molecule has 0 aliphatic carbocycles. The summed E-state index contributed by atoms with van der Waals surface area (Å²) in [5, 5.41) is 15.4. The van der Waals surface area contributed by atoms with Crippen molar-refractivity contribution in [2.24, 2.45) is 0 Å². The van der Waals surface area contributed by atoms with E-state index in [9.17, 15) is 10.1 Å². The summed E-state index contributed by atoms with van der Waals surface area (Å²) in [6.45, 7) is 2.21. The van der Waals surface area contributed by atoms with Gasteiger partial charge in [-0.1, -0.05) is 71.7 Å². The second kappa shape index (κ2) is 10.4. The van der Waals surface area contributed by atoms with Gasteiger partial charge in [-0.05, 0) is 70.8 Å². The molecule has 0 atom stereocenters. The number of nitrogens with one attached hydrogen (secondary N) is 1. The number of hydrogen-bond donors (Lipinski definition) is 1. The van der Waals surface area contributed by atoms with E-state index >= 15 is 0 Å². The molecule has 0 unspecified atom stereocenters. The van der Waals surface area contributed by atoms with Crippen molar-refractivity contribution in [2.45, 2.75) is 13.5 Å². The standard InChI is InChI=1S/C28H20Cl2N2O2/c1-18-6-10-24(29)15-26(18)32-28(33)23(16-31)12-19-8-11-27(25(30)14-19)34-17-20-7-9-21-4-2-3-5-22(21)13-20/h2-15H,17H2,1H3,(H,32,33)/b23-12+. The van der Waals surface area contributed by atoms with E-state index in [1.165, 1.54) is 11.5 Å². The van der Waals surface area contributed by atoms with Crippen LogP contribution in [0.2, 0.25) is 10.0 Å². The van der Waals surface area contributed by atoms with Gasteiger partial charge in [0.05, 0.1) is 5.02 Å². The fourth-order valence-electron chi connectivity index (χ4n) is 3.45. The third-order valence-corrected chi connectivity index (χ3v) is 5.82. The number of nitrogens with zero attached hydrogens (tertiary/aromatic N) is 1. The number of amides is 1. The van der Waals surface area contributed by atoms with Crippen molar-refractivity contribution in [1.82, 2.24) is 0 Å². The molecule has 4 rings (SSSR count). The van der Waals surface area contributed by atoms with Gasteiger partial charge in [0.25, 0.3) is 5.91 Å². The Kier molecular flexibility index (Phi) is 7.18. The molecule has 6 heteroatoms. The van der Waals surface area contributed by atoms with Crippen molar-refractivity contribution in [2.75, 3.05) is 5.32 Å². The molecule has 4 aromatic rings. The number of carbonyl (C=O) groups excluding carboxylic acids is 1. The fourth-order valence-corrected chi connectivity index (χ4v) is 3.86. The lowest BCUT2D eigenvalue weighted by Crippen LogP contribution is -2.14. The molecule has 1 N–H and O–H groups in total. The number of anilines is 1. The number of carbonyl (C=O) groups is 1. The lowest BCUT2D eigenvalue weighted by molar-refractivity contribution is -0.112. The lowest BCUT2D eigenvalue weighted by Gasteiger charge is -2.10. The normalized spacial score (nSPS) is 11.2. The van der Waals surface area contributed by atoms with E-state index in [-0.39, 0.29) is 5.57 Å². The van der Waals surface area contributed by atoms with Gasteiger partial charge >= 0.3 is 0 Å². The van der Waals surface area contributed by atoms with Crippen LogP contribution >= 0.6 is 23.2 Å². The van der Waals surface area contributed by atoms with Gasteiger partial charge in [-0.25, -0.2) is 0 Å². The Morgan fingerprint density at radius 2 is 1.79 bits per heavy atom. The first kappa shape index (κ1) is 23.4. The molecule has 0 radical (unpaired) electrons. The summed E-state index contributed by atoms with van der Waals surface area (Å²) in [5.74, 6) is -0.00916. The van der Waals surface area contributed by atoms with Crippen molar-refractivity contribution >= 4 is 51.6 Å². The van der Waals surface area contributed by atoms with Crippen LogP contribution in [-0.2, 0) is 11.4 Å². The smallest absolute Gasteiger partial charge is 0.266 e. The summed E-state index contributed by atoms with van der Waals surface area (Å²) < 4.78 is 5.90. The Hall–Kier alpha value is -3.78. The first-order valence-electron chi connectivity index (χ1n) is 10.5. The molecule has 0 bridgehead atoms. The number of nitriles is 1. The highest BCUT2D eigenvalue weighted by molar-refractivity contribution is 6.32. The molecular formula is C28H20Cl2N2O2. The highest BCUT2D eigenvalue weighted by Gasteiger charge is 2.12. The summed E-state index contributed by atoms with van der Waals surface area (Å²) in [4.78, 5) is 12.6. The number of ether oxygens (including phenoxy) is 1. The van der Waals surface area contributed by atoms with Crippen molar-refractivity contribution in [3.8, 4) is 11.8 Å². The summed E-state index contributed by atoms with van der Waals surface area (Å²) in [6, 6.07) is 26.5. The Morgan fingerprint density at radius 1 is 1.00 bits per heavy atom. The zero-order valence-corrected chi connectivity index (χ0v) is 19.8. The molecule has 0 heterocycles. The minimum absolute atomic E-state index is 0.0553. The molecule has 1 amide bonds. The minimum atomic E-state index is -0.527. The van der Waals surface area contributed by atoms with Gasteiger partial charge in [-0.15, -0.1) is 0 Å². The van der Waals surface area contributed by atoms with Crippen LogP contribution in [0.25, 0.3) is 16.8 Å². The maximum absolute atomic E-state index is 12.6. The molecule has 0 saturated heterocycles. The topological polar surface area (TPSA) is 62.1 Å². The third kappa shape index (κ3) is 5.58. The van der Waals surface area contributed by atoms with Crippen LogP contribution in [0.4, 0.5) is 5.69 Å². The van der Waals surface area contributed by atoms with Crippen LogP contribution < -0.4 is 10.1 Å². The molecule has 0 fully saturated rings. The quantitative estimate of drug-likeness (QED) is 0.225. The Balaban J connectivity index is 1.46. The summed E-state index contributed by atoms with van der Waals surface area (Å²) in [7, 11) is 0. The maximum Gasteiger partial charge on any atom is 0.266 e. The van der Waals surface area contributed by atoms with Crippen LogP contribution in [0, 0.1) is 18.3 Å². The van der Waals surface area contributed by atoms with Crippen molar-refractivity contribution in [3.63, 3.8) is 0 Å². The number of benzene rings is 4. The number of hydrogen-bond acceptors (Lipinski definition) is 3. The minimum Gasteiger partial charge on any atom is -0.487 e. The van der Waals surface area contributed by atoms with Gasteiger partial charge in [-0.3, -0.25) is 4.79 Å². The van der Waals surface area contributed by atoms with Gasteiger partial charge in [0.1, 0.15) is 24.0 Å². The largest absolute Gasteiger partial charge is 0.487 e. The Bertz CT molecular complexity index is 1450. The summed E-state index contributed by atoms with van der Waals surface area (Å²) in [6.07, 6.45) is 1.48. The molecule has 168 valence electrons. The lowest BCUT2D eigenvalue weighted by atomic mass is 10.1. The second-order valence-corrected chi connectivity index (χ2v) is 8.59. The van der Waals surface area contributed by atoms with Gasteiger partial charge in [0.2, 0.25) is 0 Å². The van der Waals surface area contributed by atoms with Crippen LogP contribution in [0.15, 0.2) is 84.4 Å². The SMILES string of the molecule is Cc1ccc(Cl)cc1NC(=O)/C(C#N)=C/c1ccc(OCc2ccc3ccccc3c2)c(Cl)c1. The zero-order valence-electron chi connectivity index (χ0n) is 18.3. The predicted octanol–water partition coefficient (Wildman–Crippen LogP) is 7.58. The zero-order chi connectivity index (χ0) is 24.1. The molecular weight excluding hydrogens is 467 g/mol. The van der Waals surface area contributed by atoms with Crippen LogP contribution in [0.5, 0.6) is 5.75 Å². The molecule has 4 nitrogen and oxygen atoms in total. The highest BCUT2D eigenvalue weighted by Crippen LogP contribution is 2.28. The van der Waals surface area contributed by atoms with E-state index < -0.39 is 5.91 Å². The van der Waals surface area contributed by atoms with E-state index in [4.69, 9.17) is 27.9 Å². The van der Waals surface area contributed by atoms with E-state index in [1.807, 2.05) is 31.2 Å². The van der Waals surface area contributed by atoms with Gasteiger partial charge < -0.3 is 10.1 Å². The third-order valence-electron chi connectivity index (χ3n) is 5.29. The predicted molar refractivity (Wildman–Crippen MR) is 138 cm³/mol. The number of halogens is 2. The number of aryl methyl sites for hydroxylation is 1. The van der Waals surface area contributed by atoms with E-state index in [0.717, 1.165) is 16.5 Å². The molecule has 34 heavy (non-hydrogen) atoms. The highest BCUT2D eigenvalue weighted by atomic mass is 35.5. The summed E-state index contributed by atoms with van der Waals surface area (Å²) in [5.41, 5.74) is 2.97. The molecule has 0 aromatic heterocycles. The van der Waals surface area contributed by atoms with Crippen LogP contribution in [0.1, 0.15) is 16.7 Å². The molecule has 0 spiro atoms. The van der Waals surface area contributed by atoms with Gasteiger partial charge in [0.15, 0.2) is 0 Å². The Labute approximate surface area is 208 Å². The Morgan fingerprint density at radius 3 is 2.56 bits per heavy atom. The van der Waals surface area contributed by atoms with Crippen molar-refractivity contribution in [3.05, 3.63) is 111 Å². The van der Waals surface area contributed by atoms with Crippen LogP contribution in [-0.4, -0.2) is 5.91 Å². The van der Waals surface area contributed by atoms with E-state index in [2.05, 4.69) is 29.6 Å². The first-order valence-corrected chi connectivity index (χ1v) is 11.3. The molecule has 4 aromatic carbocycles. The average molecular weight is 487 g/mol. The monoisotopic (exact) mass is 486 g/mol. The summed E-state index contributed by atoms with van der Waals surface area (Å²) >= 11 is 12.4. The number of rotatable bonds is 6.